The van der Waals surface area contributed by atoms with Crippen LogP contribution >= 0.6 is 10.2 Å². The third-order valence-corrected chi connectivity index (χ3v) is 14.4. The summed E-state index contributed by atoms with van der Waals surface area (Å²) in [4.78, 5) is 71.8. The number of amides is 4. The number of anilines is 1. The van der Waals surface area contributed by atoms with E-state index in [4.69, 9.17) is 19.4 Å². The predicted octanol–water partition coefficient (Wildman–Crippen LogP) is 10.3. The van der Waals surface area contributed by atoms with Gasteiger partial charge in [0.15, 0.2) is 0 Å². The van der Waals surface area contributed by atoms with E-state index in [-0.39, 0.29) is 35.7 Å². The summed E-state index contributed by atoms with van der Waals surface area (Å²) in [5.74, 6) is 0.207. The number of H-pyrrole nitrogens is 2. The second kappa shape index (κ2) is 17.2. The maximum Gasteiger partial charge on any atom is 0.407 e. The van der Waals surface area contributed by atoms with Crippen LogP contribution in [0.3, 0.4) is 0 Å². The summed E-state index contributed by atoms with van der Waals surface area (Å²) in [6.07, 6.45) is 2.42. The molecule has 5 aromatic rings. The van der Waals surface area contributed by atoms with Crippen LogP contribution in [0.15, 0.2) is 65.6 Å². The average Bonchev–Trinajstić information content (AvgIpc) is 4.14. The van der Waals surface area contributed by atoms with Crippen LogP contribution in [0.1, 0.15) is 113 Å². The molecule has 0 saturated carbocycles. The maximum atomic E-state index is 14.0. The second-order valence-corrected chi connectivity index (χ2v) is 20.8. The van der Waals surface area contributed by atoms with Gasteiger partial charge >= 0.3 is 22.4 Å². The topological polar surface area (TPSA) is 178 Å². The van der Waals surface area contributed by atoms with Gasteiger partial charge in [-0.1, -0.05) is 59.3 Å². The smallest absolute Gasteiger partial charge is 0.407 e. The van der Waals surface area contributed by atoms with Gasteiger partial charge in [-0.25, -0.2) is 19.6 Å². The van der Waals surface area contributed by atoms with E-state index in [9.17, 15) is 38.6 Å². The number of nitrogens with one attached hydrogen (secondary N) is 4. The van der Waals surface area contributed by atoms with Crippen molar-refractivity contribution in [1.82, 2.24) is 40.4 Å². The molecule has 1 unspecified atom stereocenters. The Kier molecular flexibility index (Phi) is 12.2. The van der Waals surface area contributed by atoms with E-state index in [0.717, 1.165) is 36.1 Å². The fourth-order valence-electron chi connectivity index (χ4n) is 9.91. The molecule has 15 nitrogen and oxygen atoms in total. The molecule has 0 spiro atoms. The summed E-state index contributed by atoms with van der Waals surface area (Å²) in [6, 6.07) is 11.2. The van der Waals surface area contributed by atoms with Crippen molar-refractivity contribution in [2.24, 2.45) is 11.8 Å². The van der Waals surface area contributed by atoms with Crippen LogP contribution < -0.4 is 15.5 Å². The molecular weight excluding hydrogens is 902 g/mol. The van der Waals surface area contributed by atoms with Gasteiger partial charge in [0.2, 0.25) is 11.8 Å². The number of aromatic amines is 2. The lowest BCUT2D eigenvalue weighted by molar-refractivity contribution is -0.136. The van der Waals surface area contributed by atoms with Gasteiger partial charge in [-0.3, -0.25) is 9.59 Å². The number of methoxy groups -OCH3 is 2. The molecule has 3 aliphatic heterocycles. The number of benzene rings is 3. The quantitative estimate of drug-likeness (QED) is 0.0886. The Morgan fingerprint density at radius 1 is 0.627 bits per heavy atom. The molecule has 0 radical (unpaired) electrons. The molecule has 21 heteroatoms. The summed E-state index contributed by atoms with van der Waals surface area (Å²) >= 11 is 0. The van der Waals surface area contributed by atoms with Crippen molar-refractivity contribution < 1.29 is 48.1 Å². The zero-order chi connectivity index (χ0) is 48.2. The number of aromatic nitrogens is 4. The lowest BCUT2D eigenvalue weighted by Gasteiger charge is -2.41. The highest BCUT2D eigenvalue weighted by atomic mass is 32.5. The number of carbonyl (C=O) groups excluding carboxylic acids is 4. The predicted molar refractivity (Wildman–Crippen MR) is 243 cm³/mol. The number of nitrogens with zero attached hydrogens (tertiary/aromatic N) is 5. The monoisotopic (exact) mass is 957 g/mol. The summed E-state index contributed by atoms with van der Waals surface area (Å²) < 4.78 is 79.3. The summed E-state index contributed by atoms with van der Waals surface area (Å²) in [5, 5.41) is 5.31. The van der Waals surface area contributed by atoms with Gasteiger partial charge in [-0.2, -0.15) is 0 Å². The van der Waals surface area contributed by atoms with Crippen molar-refractivity contribution in [2.75, 3.05) is 32.2 Å². The van der Waals surface area contributed by atoms with E-state index >= 15 is 0 Å². The number of imidazole rings is 2. The Balaban J connectivity index is 1.11. The average molecular weight is 958 g/mol. The molecule has 3 fully saturated rings. The summed E-state index contributed by atoms with van der Waals surface area (Å²) in [5.41, 5.74) is 4.54. The van der Waals surface area contributed by atoms with Gasteiger partial charge in [0.25, 0.3) is 0 Å². The first-order valence-electron chi connectivity index (χ1n) is 22.5. The fraction of sp³-hybridized carbons (Fsp3) is 0.478. The lowest BCUT2D eigenvalue weighted by Crippen LogP contribution is -2.51. The van der Waals surface area contributed by atoms with Crippen LogP contribution in [0, 0.1) is 11.8 Å². The lowest BCUT2D eigenvalue weighted by atomic mass is 10.0. The standard InChI is InChI=1S/C46H56F5N9O6S/c1-25(2)39(56-45(63)65-5)43(61)58-21-7-9-37(58)41-52-31-17-11-27(23-33(31)54-41)35-19-20-36(60(35)29-13-15-30(16-14-29)67(47,48,49,50)51)28-12-18-32-34(24-28)55-42(53-32)38-10-8-22-59(38)44(62)40(26(3)4)57-46(64)66-6/h11-18,23-26,35-40H,7-10,19-22H2,1-6H3,(H,52,54)(H,53,55)(H,56,63)(H,57,64)/t35-,36-,37+,38+,39+,40?/m1/s1. The van der Waals surface area contributed by atoms with Gasteiger partial charge in [-0.15, -0.1) is 0 Å². The van der Waals surface area contributed by atoms with E-state index < -0.39 is 51.5 Å². The minimum Gasteiger partial charge on any atom is -0.453 e. The van der Waals surface area contributed by atoms with Crippen LogP contribution in [-0.2, 0) is 19.1 Å². The molecule has 4 amide bonds. The Hall–Kier alpha value is -6.12. The van der Waals surface area contributed by atoms with Crippen LogP contribution in [0.4, 0.5) is 34.7 Å². The van der Waals surface area contributed by atoms with Crippen molar-refractivity contribution in [3.63, 3.8) is 0 Å². The summed E-state index contributed by atoms with van der Waals surface area (Å²) in [6.45, 7) is 8.28. The Bertz CT molecular complexity index is 2550. The number of hydrogen-bond acceptors (Lipinski definition) is 9. The zero-order valence-corrected chi connectivity index (χ0v) is 38.8. The second-order valence-electron chi connectivity index (χ2n) is 18.4. The zero-order valence-electron chi connectivity index (χ0n) is 38.0. The number of carbonyl (C=O) groups is 4. The van der Waals surface area contributed by atoms with E-state index in [0.29, 0.717) is 90.3 Å². The molecule has 5 heterocycles. The molecule has 6 atom stereocenters. The Morgan fingerprint density at radius 2 is 1.04 bits per heavy atom. The van der Waals surface area contributed by atoms with Crippen LogP contribution in [0.2, 0.25) is 0 Å². The number of fused-ring (bicyclic) bond motifs is 2. The van der Waals surface area contributed by atoms with Crippen LogP contribution in [-0.4, -0.2) is 93.1 Å². The SMILES string of the molecule is COC(=O)NC(C(=O)N1CCC[C@H]1c1nc2ccc([C@H]3CC[C@H](c4ccc5nc([C@@H]6CCCN6C(=O)[C@@H](NC(=O)OC)C(C)C)[nH]c5c4)N3c3ccc(S(F)(F)(F)(F)F)cc3)cc2[nH]1)C(C)C. The minimum absolute atomic E-state index is 0.215. The van der Waals surface area contributed by atoms with Gasteiger partial charge in [0.1, 0.15) is 28.6 Å². The van der Waals surface area contributed by atoms with Crippen molar-refractivity contribution in [2.45, 2.75) is 107 Å². The molecule has 2 aromatic heterocycles. The van der Waals surface area contributed by atoms with Gasteiger partial charge in [0, 0.05) is 18.8 Å². The molecule has 4 N–H and O–H groups in total. The van der Waals surface area contributed by atoms with E-state index in [1.165, 1.54) is 14.2 Å². The molecule has 0 bridgehead atoms. The molecule has 3 saturated heterocycles. The molecule has 8 rings (SSSR count). The molecule has 67 heavy (non-hydrogen) atoms. The van der Waals surface area contributed by atoms with E-state index in [2.05, 4.69) is 20.6 Å². The number of halogens is 5. The van der Waals surface area contributed by atoms with Gasteiger partial charge in [0.05, 0.1) is 60.5 Å². The molecule has 0 aliphatic carbocycles. The third-order valence-electron chi connectivity index (χ3n) is 13.3. The fourth-order valence-corrected chi connectivity index (χ4v) is 10.6. The first kappa shape index (κ1) is 47.4. The number of likely N-dealkylation sites (tertiary alicyclic amines) is 2. The number of hydrogen-bond donors (Lipinski definition) is 4. The highest BCUT2D eigenvalue weighted by Crippen LogP contribution is 3.02. The van der Waals surface area contributed by atoms with Gasteiger partial charge < -0.3 is 44.8 Å². The van der Waals surface area contributed by atoms with Crippen molar-refractivity contribution >= 4 is 62.0 Å². The maximum absolute atomic E-state index is 14.0. The number of ether oxygens (including phenoxy) is 2. The van der Waals surface area contributed by atoms with Crippen LogP contribution in [0.5, 0.6) is 0 Å². The van der Waals surface area contributed by atoms with Crippen molar-refractivity contribution in [1.29, 1.82) is 0 Å². The first-order valence-corrected chi connectivity index (χ1v) is 24.4. The van der Waals surface area contributed by atoms with Crippen LogP contribution in [0.25, 0.3) is 22.1 Å². The minimum atomic E-state index is -9.97. The number of rotatable bonds is 12. The normalized spacial score (nSPS) is 22.0. The number of alkyl carbamates (subject to hydrolysis) is 2. The van der Waals surface area contributed by atoms with Crippen molar-refractivity contribution in [3.8, 4) is 0 Å². The highest BCUT2D eigenvalue weighted by molar-refractivity contribution is 8.45. The largest absolute Gasteiger partial charge is 0.453 e. The highest BCUT2D eigenvalue weighted by Gasteiger charge is 2.65. The molecule has 3 aromatic carbocycles. The van der Waals surface area contributed by atoms with E-state index in [1.807, 2.05) is 69.0 Å². The summed E-state index contributed by atoms with van der Waals surface area (Å²) in [7, 11) is -7.50. The Morgan fingerprint density at radius 3 is 1.42 bits per heavy atom. The van der Waals surface area contributed by atoms with Crippen molar-refractivity contribution in [3.05, 3.63) is 83.4 Å². The molecule has 362 valence electrons. The van der Waals surface area contributed by atoms with Gasteiger partial charge in [-0.05, 0) is 110 Å². The Labute approximate surface area is 384 Å². The first-order chi connectivity index (χ1) is 31.5. The third kappa shape index (κ3) is 9.56. The molecular formula is C46H56F5N9O6S. The van der Waals surface area contributed by atoms with E-state index in [1.54, 1.807) is 9.80 Å². The molecule has 3 aliphatic rings.